The number of hydrogen-bond donors (Lipinski definition) is 2. The zero-order valence-corrected chi connectivity index (χ0v) is 12.1. The van der Waals surface area contributed by atoms with E-state index in [4.69, 9.17) is 0 Å². The quantitative estimate of drug-likeness (QED) is 0.772. The van der Waals surface area contributed by atoms with Gasteiger partial charge in [0.15, 0.2) is 0 Å². The molecule has 3 rings (SSSR count). The van der Waals surface area contributed by atoms with Gasteiger partial charge >= 0.3 is 0 Å². The summed E-state index contributed by atoms with van der Waals surface area (Å²) in [6.07, 6.45) is 0.765. The highest BCUT2D eigenvalue weighted by Gasteiger charge is 2.13. The van der Waals surface area contributed by atoms with Gasteiger partial charge in [-0.05, 0) is 23.4 Å². The van der Waals surface area contributed by atoms with E-state index in [0.717, 1.165) is 11.8 Å². The lowest BCUT2D eigenvalue weighted by atomic mass is 10.0. The number of phenolic OH excluding ortho intramolecular Hbond substituents is 1. The van der Waals surface area contributed by atoms with Gasteiger partial charge in [0.1, 0.15) is 5.75 Å². The van der Waals surface area contributed by atoms with Gasteiger partial charge in [0, 0.05) is 11.9 Å². The molecule has 0 aliphatic rings. The van der Waals surface area contributed by atoms with E-state index in [-0.39, 0.29) is 11.7 Å². The van der Waals surface area contributed by atoms with Crippen molar-refractivity contribution in [3.05, 3.63) is 77.9 Å². The predicted octanol–water partition coefficient (Wildman–Crippen LogP) is 3.52. The SMILES string of the molecule is O=C(NCCc1ccccc1)c1ccc2ccccc2c1O. The summed E-state index contributed by atoms with van der Waals surface area (Å²) in [5, 5.41) is 14.7. The minimum Gasteiger partial charge on any atom is -0.506 e. The lowest BCUT2D eigenvalue weighted by molar-refractivity contribution is 0.0952. The zero-order valence-electron chi connectivity index (χ0n) is 12.1. The summed E-state index contributed by atoms with van der Waals surface area (Å²) in [4.78, 5) is 12.2. The van der Waals surface area contributed by atoms with Crippen molar-refractivity contribution in [2.24, 2.45) is 0 Å². The summed E-state index contributed by atoms with van der Waals surface area (Å²) in [6.45, 7) is 0.537. The molecule has 0 aromatic heterocycles. The van der Waals surface area contributed by atoms with Gasteiger partial charge in [0.05, 0.1) is 5.56 Å². The summed E-state index contributed by atoms with van der Waals surface area (Å²) in [7, 11) is 0. The molecular weight excluding hydrogens is 274 g/mol. The molecule has 0 aliphatic carbocycles. The minimum absolute atomic E-state index is 0.0373. The fraction of sp³-hybridized carbons (Fsp3) is 0.105. The Morgan fingerprint density at radius 2 is 1.64 bits per heavy atom. The molecule has 3 heteroatoms. The average Bonchev–Trinajstić information content (AvgIpc) is 2.56. The molecule has 0 saturated heterocycles. The molecule has 0 spiro atoms. The summed E-state index contributed by atoms with van der Waals surface area (Å²) in [6, 6.07) is 21.0. The van der Waals surface area contributed by atoms with E-state index in [1.54, 1.807) is 6.07 Å². The summed E-state index contributed by atoms with van der Waals surface area (Å²) in [5.74, 6) is -0.213. The molecule has 0 radical (unpaired) electrons. The minimum atomic E-state index is -0.251. The third-order valence-corrected chi connectivity index (χ3v) is 3.69. The number of fused-ring (bicyclic) bond motifs is 1. The fourth-order valence-electron chi connectivity index (χ4n) is 2.50. The number of aromatic hydroxyl groups is 1. The van der Waals surface area contributed by atoms with E-state index < -0.39 is 0 Å². The average molecular weight is 291 g/mol. The monoisotopic (exact) mass is 291 g/mol. The molecular formula is C19H17NO2. The second-order valence-electron chi connectivity index (χ2n) is 5.17. The smallest absolute Gasteiger partial charge is 0.255 e. The van der Waals surface area contributed by atoms with E-state index in [2.05, 4.69) is 5.32 Å². The van der Waals surface area contributed by atoms with Crippen molar-refractivity contribution in [3.63, 3.8) is 0 Å². The van der Waals surface area contributed by atoms with Crippen LogP contribution in [0.2, 0.25) is 0 Å². The van der Waals surface area contributed by atoms with Crippen LogP contribution in [-0.4, -0.2) is 17.6 Å². The Kier molecular flexibility index (Phi) is 4.05. The van der Waals surface area contributed by atoms with E-state index >= 15 is 0 Å². The molecule has 0 atom stereocenters. The highest BCUT2D eigenvalue weighted by Crippen LogP contribution is 2.28. The molecule has 2 N–H and O–H groups in total. The van der Waals surface area contributed by atoms with Crippen molar-refractivity contribution in [2.75, 3.05) is 6.54 Å². The normalized spacial score (nSPS) is 10.5. The Hall–Kier alpha value is -2.81. The third kappa shape index (κ3) is 2.93. The van der Waals surface area contributed by atoms with Crippen LogP contribution >= 0.6 is 0 Å². The molecule has 0 fully saturated rings. The Labute approximate surface area is 129 Å². The van der Waals surface area contributed by atoms with E-state index in [0.29, 0.717) is 17.5 Å². The van der Waals surface area contributed by atoms with Crippen LogP contribution in [0.3, 0.4) is 0 Å². The van der Waals surface area contributed by atoms with Crippen LogP contribution in [0, 0.1) is 0 Å². The van der Waals surface area contributed by atoms with Crippen LogP contribution in [0.25, 0.3) is 10.8 Å². The largest absolute Gasteiger partial charge is 0.506 e. The second-order valence-corrected chi connectivity index (χ2v) is 5.17. The highest BCUT2D eigenvalue weighted by molar-refractivity contribution is 6.03. The van der Waals surface area contributed by atoms with Crippen LogP contribution in [0.4, 0.5) is 0 Å². The van der Waals surface area contributed by atoms with Crippen LogP contribution in [0.5, 0.6) is 5.75 Å². The lowest BCUT2D eigenvalue weighted by Crippen LogP contribution is -2.25. The number of carbonyl (C=O) groups is 1. The number of amides is 1. The maximum Gasteiger partial charge on any atom is 0.255 e. The fourth-order valence-corrected chi connectivity index (χ4v) is 2.50. The van der Waals surface area contributed by atoms with Gasteiger partial charge in [0.2, 0.25) is 0 Å². The van der Waals surface area contributed by atoms with Crippen LogP contribution in [0.1, 0.15) is 15.9 Å². The molecule has 3 nitrogen and oxygen atoms in total. The van der Waals surface area contributed by atoms with Gasteiger partial charge in [-0.25, -0.2) is 0 Å². The van der Waals surface area contributed by atoms with E-state index in [1.807, 2.05) is 60.7 Å². The van der Waals surface area contributed by atoms with Crippen molar-refractivity contribution < 1.29 is 9.90 Å². The first-order valence-corrected chi connectivity index (χ1v) is 7.28. The number of rotatable bonds is 4. The third-order valence-electron chi connectivity index (χ3n) is 3.69. The van der Waals surface area contributed by atoms with Gasteiger partial charge in [-0.2, -0.15) is 0 Å². The molecule has 1 amide bonds. The summed E-state index contributed by atoms with van der Waals surface area (Å²) < 4.78 is 0. The topological polar surface area (TPSA) is 49.3 Å². The second kappa shape index (κ2) is 6.31. The number of benzene rings is 3. The van der Waals surface area contributed by atoms with Gasteiger partial charge in [-0.15, -0.1) is 0 Å². The standard InChI is InChI=1S/C19H17NO2/c21-18-16-9-5-4-8-15(16)10-11-17(18)19(22)20-13-12-14-6-2-1-3-7-14/h1-11,21H,12-13H2,(H,20,22). The molecule has 3 aromatic carbocycles. The van der Waals surface area contributed by atoms with Crippen molar-refractivity contribution in [1.29, 1.82) is 0 Å². The lowest BCUT2D eigenvalue weighted by Gasteiger charge is -2.09. The maximum atomic E-state index is 12.2. The predicted molar refractivity (Wildman–Crippen MR) is 88.1 cm³/mol. The molecule has 0 aliphatic heterocycles. The van der Waals surface area contributed by atoms with Gasteiger partial charge in [-0.3, -0.25) is 4.79 Å². The number of carbonyl (C=O) groups excluding carboxylic acids is 1. The highest BCUT2D eigenvalue weighted by atomic mass is 16.3. The number of nitrogens with one attached hydrogen (secondary N) is 1. The number of hydrogen-bond acceptors (Lipinski definition) is 2. The molecule has 0 saturated carbocycles. The van der Waals surface area contributed by atoms with Crippen molar-refractivity contribution in [2.45, 2.75) is 6.42 Å². The Balaban J connectivity index is 1.71. The Bertz CT molecular complexity index is 797. The molecule has 3 aromatic rings. The first kappa shape index (κ1) is 14.1. The first-order chi connectivity index (χ1) is 10.8. The molecule has 110 valence electrons. The first-order valence-electron chi connectivity index (χ1n) is 7.28. The van der Waals surface area contributed by atoms with E-state index in [1.165, 1.54) is 5.56 Å². The van der Waals surface area contributed by atoms with Gasteiger partial charge in [-0.1, -0.05) is 60.7 Å². The van der Waals surface area contributed by atoms with Crippen LogP contribution < -0.4 is 5.32 Å². The van der Waals surface area contributed by atoms with Gasteiger partial charge in [0.25, 0.3) is 5.91 Å². The number of phenols is 1. The van der Waals surface area contributed by atoms with Gasteiger partial charge < -0.3 is 10.4 Å². The molecule has 0 unspecified atom stereocenters. The van der Waals surface area contributed by atoms with Crippen molar-refractivity contribution >= 4 is 16.7 Å². The maximum absolute atomic E-state index is 12.2. The van der Waals surface area contributed by atoms with E-state index in [9.17, 15) is 9.90 Å². The molecule has 0 bridgehead atoms. The molecule has 0 heterocycles. The van der Waals surface area contributed by atoms with Crippen molar-refractivity contribution in [3.8, 4) is 5.75 Å². The van der Waals surface area contributed by atoms with Crippen molar-refractivity contribution in [1.82, 2.24) is 5.32 Å². The Morgan fingerprint density at radius 1 is 0.909 bits per heavy atom. The summed E-state index contributed by atoms with van der Waals surface area (Å²) >= 11 is 0. The molecule has 22 heavy (non-hydrogen) atoms. The van der Waals surface area contributed by atoms with Crippen LogP contribution in [-0.2, 0) is 6.42 Å². The van der Waals surface area contributed by atoms with Crippen LogP contribution in [0.15, 0.2) is 66.7 Å². The Morgan fingerprint density at radius 3 is 2.45 bits per heavy atom. The zero-order chi connectivity index (χ0) is 15.4. The summed E-state index contributed by atoms with van der Waals surface area (Å²) in [5.41, 5.74) is 1.48.